The van der Waals surface area contributed by atoms with Crippen LogP contribution in [-0.2, 0) is 19.7 Å². The number of guanidine groups is 1. The molecule has 0 unspecified atom stereocenters. The maximum Gasteiger partial charge on any atom is 0.203 e. The Morgan fingerprint density at radius 2 is 1.69 bits per heavy atom. The molecule has 0 saturated carbocycles. The number of nitrogens with one attached hydrogen (secondary N) is 2. The molecule has 29 heavy (non-hydrogen) atoms. The average Bonchev–Trinajstić information content (AvgIpc) is 2.75. The molecular weight excluding hydrogens is 377 g/mol. The lowest BCUT2D eigenvalue weighted by Crippen LogP contribution is -2.36. The van der Waals surface area contributed by atoms with E-state index in [4.69, 9.17) is 14.2 Å². The van der Waals surface area contributed by atoms with Gasteiger partial charge < -0.3 is 30.0 Å². The molecule has 0 fully saturated rings. The molecule has 8 heteroatoms. The average molecular weight is 405 g/mol. The van der Waals surface area contributed by atoms with E-state index in [1.165, 1.54) is 6.07 Å². The van der Waals surface area contributed by atoms with Gasteiger partial charge in [0.2, 0.25) is 5.75 Å². The Kier molecular flexibility index (Phi) is 8.54. The number of nitrogens with zero attached hydrogens (tertiary/aromatic N) is 1. The van der Waals surface area contributed by atoms with Crippen molar-refractivity contribution in [2.75, 3.05) is 27.9 Å². The summed E-state index contributed by atoms with van der Waals surface area (Å²) in [5, 5.41) is 15.6. The molecule has 2 aromatic rings. The topological polar surface area (TPSA) is 84.3 Å². The molecule has 158 valence electrons. The van der Waals surface area contributed by atoms with E-state index in [1.54, 1.807) is 33.5 Å². The van der Waals surface area contributed by atoms with Crippen molar-refractivity contribution >= 4 is 5.96 Å². The highest BCUT2D eigenvalue weighted by Crippen LogP contribution is 2.38. The molecule has 0 atom stereocenters. The second-order valence-electron chi connectivity index (χ2n) is 6.17. The van der Waals surface area contributed by atoms with Crippen molar-refractivity contribution < 1.29 is 23.7 Å². The third-order valence-corrected chi connectivity index (χ3v) is 4.23. The van der Waals surface area contributed by atoms with Gasteiger partial charge in [0.1, 0.15) is 5.82 Å². The molecule has 0 amide bonds. The van der Waals surface area contributed by atoms with Gasteiger partial charge >= 0.3 is 0 Å². The quantitative estimate of drug-likeness (QED) is 0.439. The van der Waals surface area contributed by atoms with Gasteiger partial charge in [0, 0.05) is 18.7 Å². The molecule has 3 N–H and O–H groups in total. The Hall–Kier alpha value is -3.00. The van der Waals surface area contributed by atoms with Crippen molar-refractivity contribution in [2.45, 2.75) is 26.6 Å². The molecule has 2 aromatic carbocycles. The minimum absolute atomic E-state index is 0.267. The van der Waals surface area contributed by atoms with Gasteiger partial charge in [0.25, 0.3) is 0 Å². The van der Waals surface area contributed by atoms with Crippen molar-refractivity contribution in [3.63, 3.8) is 0 Å². The normalized spacial score (nSPS) is 11.2. The Bertz CT molecular complexity index is 818. The highest BCUT2D eigenvalue weighted by atomic mass is 19.1. The van der Waals surface area contributed by atoms with E-state index in [9.17, 15) is 9.50 Å². The fourth-order valence-electron chi connectivity index (χ4n) is 2.78. The van der Waals surface area contributed by atoms with E-state index < -0.39 is 5.82 Å². The highest BCUT2D eigenvalue weighted by molar-refractivity contribution is 5.79. The smallest absolute Gasteiger partial charge is 0.203 e. The maximum absolute atomic E-state index is 13.5. The Morgan fingerprint density at radius 1 is 1.00 bits per heavy atom. The van der Waals surface area contributed by atoms with Crippen LogP contribution < -0.4 is 24.8 Å². The predicted octanol–water partition coefficient (Wildman–Crippen LogP) is 2.60. The second kappa shape index (κ2) is 11.1. The molecule has 0 heterocycles. The number of rotatable bonds is 9. The molecule has 7 nitrogen and oxygen atoms in total. The number of aliphatic hydroxyl groups excluding tert-OH is 1. The van der Waals surface area contributed by atoms with Gasteiger partial charge in [-0.15, -0.1) is 0 Å². The maximum atomic E-state index is 13.5. The van der Waals surface area contributed by atoms with Gasteiger partial charge in [-0.25, -0.2) is 9.38 Å². The molecule has 0 aliphatic rings. The molecule has 0 aliphatic carbocycles. The summed E-state index contributed by atoms with van der Waals surface area (Å²) in [6.07, 6.45) is 0. The van der Waals surface area contributed by atoms with Crippen LogP contribution in [0.4, 0.5) is 4.39 Å². The van der Waals surface area contributed by atoms with E-state index in [2.05, 4.69) is 15.6 Å². The SMILES string of the molecule is CCNC(=NCc1cc(OC)c(OC)c(OC)c1)NCc1ccc(F)c(CO)c1. The van der Waals surface area contributed by atoms with Crippen molar-refractivity contribution in [1.29, 1.82) is 0 Å². The van der Waals surface area contributed by atoms with Crippen LogP contribution >= 0.6 is 0 Å². The Morgan fingerprint density at radius 3 is 2.24 bits per heavy atom. The molecule has 0 spiro atoms. The summed E-state index contributed by atoms with van der Waals surface area (Å²) in [5.41, 5.74) is 2.00. The summed E-state index contributed by atoms with van der Waals surface area (Å²) in [6.45, 7) is 3.14. The molecule has 0 radical (unpaired) electrons. The van der Waals surface area contributed by atoms with Crippen LogP contribution in [0, 0.1) is 5.82 Å². The first-order valence-electron chi connectivity index (χ1n) is 9.25. The van der Waals surface area contributed by atoms with Gasteiger partial charge in [0.05, 0.1) is 34.5 Å². The number of aliphatic imine (C=N–C) groups is 1. The number of aliphatic hydroxyl groups is 1. The zero-order valence-corrected chi connectivity index (χ0v) is 17.2. The summed E-state index contributed by atoms with van der Waals surface area (Å²) in [4.78, 5) is 4.58. The zero-order valence-electron chi connectivity index (χ0n) is 17.2. The third-order valence-electron chi connectivity index (χ3n) is 4.23. The molecule has 2 rings (SSSR count). The third kappa shape index (κ3) is 5.99. The number of halogens is 1. The van der Waals surface area contributed by atoms with Gasteiger partial charge in [-0.3, -0.25) is 0 Å². The summed E-state index contributed by atoms with van der Waals surface area (Å²) < 4.78 is 29.6. The van der Waals surface area contributed by atoms with Gasteiger partial charge in [-0.05, 0) is 42.3 Å². The molecular formula is C21H28FN3O4. The van der Waals surface area contributed by atoms with E-state index in [1.807, 2.05) is 19.1 Å². The minimum Gasteiger partial charge on any atom is -0.493 e. The van der Waals surface area contributed by atoms with Crippen molar-refractivity contribution in [1.82, 2.24) is 10.6 Å². The lowest BCUT2D eigenvalue weighted by molar-refractivity contribution is 0.275. The van der Waals surface area contributed by atoms with Crippen LogP contribution in [0.25, 0.3) is 0 Å². The first kappa shape index (κ1) is 22.3. The van der Waals surface area contributed by atoms with E-state index in [0.717, 1.165) is 11.1 Å². The van der Waals surface area contributed by atoms with Crippen LogP contribution in [0.2, 0.25) is 0 Å². The zero-order chi connectivity index (χ0) is 21.2. The summed E-state index contributed by atoms with van der Waals surface area (Å²) in [5.74, 6) is 1.86. The van der Waals surface area contributed by atoms with Crippen LogP contribution in [-0.4, -0.2) is 38.9 Å². The lowest BCUT2D eigenvalue weighted by Gasteiger charge is -2.14. The van der Waals surface area contributed by atoms with Gasteiger partial charge in [-0.1, -0.05) is 6.07 Å². The lowest BCUT2D eigenvalue weighted by atomic mass is 10.1. The largest absolute Gasteiger partial charge is 0.493 e. The molecule has 0 bridgehead atoms. The highest BCUT2D eigenvalue weighted by Gasteiger charge is 2.13. The first-order valence-corrected chi connectivity index (χ1v) is 9.25. The van der Waals surface area contributed by atoms with Crippen molar-refractivity contribution in [2.24, 2.45) is 4.99 Å². The molecule has 0 aromatic heterocycles. The van der Waals surface area contributed by atoms with Crippen molar-refractivity contribution in [3.05, 3.63) is 52.8 Å². The standard InChI is InChI=1S/C21H28FN3O4/c1-5-23-21(24-11-14-6-7-17(22)16(8-14)13-26)25-12-15-9-18(27-2)20(29-4)19(10-15)28-3/h6-10,26H,5,11-13H2,1-4H3,(H2,23,24,25). The summed E-state index contributed by atoms with van der Waals surface area (Å²) in [7, 11) is 4.70. The van der Waals surface area contributed by atoms with E-state index in [-0.39, 0.29) is 12.2 Å². The van der Waals surface area contributed by atoms with Crippen molar-refractivity contribution in [3.8, 4) is 17.2 Å². The molecule has 0 aliphatic heterocycles. The van der Waals surface area contributed by atoms with E-state index in [0.29, 0.717) is 42.8 Å². The first-order chi connectivity index (χ1) is 14.1. The van der Waals surface area contributed by atoms with Crippen LogP contribution in [0.5, 0.6) is 17.2 Å². The predicted molar refractivity (Wildman–Crippen MR) is 110 cm³/mol. The fraction of sp³-hybridized carbons (Fsp3) is 0.381. The van der Waals surface area contributed by atoms with Crippen LogP contribution in [0.1, 0.15) is 23.6 Å². The number of hydrogen-bond donors (Lipinski definition) is 3. The number of methoxy groups -OCH3 is 3. The van der Waals surface area contributed by atoms with E-state index >= 15 is 0 Å². The Balaban J connectivity index is 2.14. The summed E-state index contributed by atoms with van der Waals surface area (Å²) in [6, 6.07) is 8.35. The van der Waals surface area contributed by atoms with Gasteiger partial charge in [-0.2, -0.15) is 0 Å². The Labute approximate surface area is 170 Å². The second-order valence-corrected chi connectivity index (χ2v) is 6.17. The monoisotopic (exact) mass is 405 g/mol. The molecule has 0 saturated heterocycles. The minimum atomic E-state index is -0.417. The van der Waals surface area contributed by atoms with Crippen LogP contribution in [0.3, 0.4) is 0 Å². The number of benzene rings is 2. The number of ether oxygens (including phenoxy) is 3. The number of hydrogen-bond acceptors (Lipinski definition) is 5. The summed E-state index contributed by atoms with van der Waals surface area (Å²) >= 11 is 0. The van der Waals surface area contributed by atoms with Gasteiger partial charge in [0.15, 0.2) is 17.5 Å². The fourth-order valence-corrected chi connectivity index (χ4v) is 2.78. The van der Waals surface area contributed by atoms with Crippen LogP contribution in [0.15, 0.2) is 35.3 Å².